The van der Waals surface area contributed by atoms with Crippen molar-refractivity contribution in [2.45, 2.75) is 20.3 Å². The predicted molar refractivity (Wildman–Crippen MR) is 73.5 cm³/mol. The van der Waals surface area contributed by atoms with E-state index < -0.39 is 11.9 Å². The Labute approximate surface area is 117 Å². The Morgan fingerprint density at radius 3 is 2.79 bits per heavy atom. The van der Waals surface area contributed by atoms with Crippen molar-refractivity contribution in [3.63, 3.8) is 0 Å². The van der Waals surface area contributed by atoms with Crippen molar-refractivity contribution in [2.24, 2.45) is 0 Å². The van der Waals surface area contributed by atoms with Crippen molar-refractivity contribution in [2.75, 3.05) is 13.2 Å². The van der Waals surface area contributed by atoms with Crippen LogP contribution in [0.2, 0.25) is 5.02 Å². The summed E-state index contributed by atoms with van der Waals surface area (Å²) >= 11 is 5.92. The normalized spacial score (nSPS) is 9.84. The molecule has 0 aromatic heterocycles. The minimum absolute atomic E-state index is 0.261. The lowest BCUT2D eigenvalue weighted by Crippen LogP contribution is -2.41. The van der Waals surface area contributed by atoms with E-state index in [1.807, 2.05) is 19.9 Å². The fourth-order valence-corrected chi connectivity index (χ4v) is 1.48. The molecule has 0 aliphatic carbocycles. The molecule has 104 valence electrons. The smallest absolute Gasteiger partial charge is 0.321 e. The van der Waals surface area contributed by atoms with Crippen molar-refractivity contribution in [3.8, 4) is 5.75 Å². The fraction of sp³-hybridized carbons (Fsp3) is 0.385. The van der Waals surface area contributed by atoms with Crippen LogP contribution < -0.4 is 15.4 Å². The van der Waals surface area contributed by atoms with Crippen LogP contribution in [0, 0.1) is 6.92 Å². The molecule has 6 heteroatoms. The Morgan fingerprint density at radius 1 is 1.37 bits per heavy atom. The highest BCUT2D eigenvalue weighted by Gasteiger charge is 2.09. The molecule has 0 heterocycles. The molecule has 0 aliphatic rings. The van der Waals surface area contributed by atoms with E-state index in [-0.39, 0.29) is 6.61 Å². The van der Waals surface area contributed by atoms with Crippen molar-refractivity contribution < 1.29 is 14.3 Å². The maximum atomic E-state index is 11.4. The van der Waals surface area contributed by atoms with Crippen LogP contribution in [0.15, 0.2) is 18.2 Å². The third-order valence-electron chi connectivity index (χ3n) is 2.23. The van der Waals surface area contributed by atoms with Gasteiger partial charge in [-0.1, -0.05) is 24.6 Å². The van der Waals surface area contributed by atoms with Gasteiger partial charge in [0, 0.05) is 6.54 Å². The van der Waals surface area contributed by atoms with Crippen molar-refractivity contribution in [3.05, 3.63) is 28.8 Å². The van der Waals surface area contributed by atoms with Crippen LogP contribution in [0.25, 0.3) is 0 Å². The van der Waals surface area contributed by atoms with Gasteiger partial charge in [0.15, 0.2) is 6.61 Å². The van der Waals surface area contributed by atoms with Gasteiger partial charge in [-0.05, 0) is 31.0 Å². The number of aryl methyl sites for hydroxylation is 1. The second-order valence-electron chi connectivity index (χ2n) is 4.03. The summed E-state index contributed by atoms with van der Waals surface area (Å²) in [6.45, 7) is 4.07. The Morgan fingerprint density at radius 2 is 2.11 bits per heavy atom. The zero-order valence-electron chi connectivity index (χ0n) is 11.0. The van der Waals surface area contributed by atoms with E-state index in [9.17, 15) is 9.59 Å². The average molecular weight is 285 g/mol. The largest absolute Gasteiger partial charge is 0.482 e. The lowest BCUT2D eigenvalue weighted by Gasteiger charge is -2.09. The number of nitrogens with one attached hydrogen (secondary N) is 2. The molecular formula is C13H17ClN2O3. The Bertz CT molecular complexity index is 463. The molecule has 1 aromatic carbocycles. The van der Waals surface area contributed by atoms with Gasteiger partial charge in [-0.25, -0.2) is 4.79 Å². The Hall–Kier alpha value is -1.75. The molecule has 0 unspecified atom stereocenters. The second-order valence-corrected chi connectivity index (χ2v) is 4.43. The SMILES string of the molecule is CCCNC(=O)NC(=O)COc1cc(C)ccc1Cl. The molecule has 0 atom stereocenters. The summed E-state index contributed by atoms with van der Waals surface area (Å²) < 4.78 is 5.26. The lowest BCUT2D eigenvalue weighted by atomic mass is 10.2. The molecule has 0 fully saturated rings. The van der Waals surface area contributed by atoms with Crippen LogP contribution in [-0.4, -0.2) is 25.1 Å². The van der Waals surface area contributed by atoms with Gasteiger partial charge in [0.1, 0.15) is 5.75 Å². The van der Waals surface area contributed by atoms with Gasteiger partial charge in [-0.2, -0.15) is 0 Å². The van der Waals surface area contributed by atoms with E-state index in [2.05, 4.69) is 10.6 Å². The molecule has 0 aliphatic heterocycles. The number of carbonyl (C=O) groups is 2. The molecule has 0 radical (unpaired) electrons. The molecule has 0 bridgehead atoms. The molecule has 19 heavy (non-hydrogen) atoms. The molecule has 2 N–H and O–H groups in total. The zero-order chi connectivity index (χ0) is 14.3. The summed E-state index contributed by atoms with van der Waals surface area (Å²) in [5, 5.41) is 5.12. The van der Waals surface area contributed by atoms with Crippen LogP contribution >= 0.6 is 11.6 Å². The topological polar surface area (TPSA) is 67.4 Å². The van der Waals surface area contributed by atoms with Crippen LogP contribution in [0.3, 0.4) is 0 Å². The van der Waals surface area contributed by atoms with Gasteiger partial charge in [-0.3, -0.25) is 10.1 Å². The molecule has 0 saturated carbocycles. The predicted octanol–water partition coefficient (Wildman–Crippen LogP) is 2.26. The summed E-state index contributed by atoms with van der Waals surface area (Å²) in [7, 11) is 0. The quantitative estimate of drug-likeness (QED) is 0.871. The highest BCUT2D eigenvalue weighted by atomic mass is 35.5. The van der Waals surface area contributed by atoms with Crippen LogP contribution in [-0.2, 0) is 4.79 Å². The van der Waals surface area contributed by atoms with Crippen LogP contribution in [0.1, 0.15) is 18.9 Å². The molecule has 1 aromatic rings. The molecule has 3 amide bonds. The van der Waals surface area contributed by atoms with E-state index in [4.69, 9.17) is 16.3 Å². The summed E-state index contributed by atoms with van der Waals surface area (Å²) in [6, 6.07) is 4.74. The van der Waals surface area contributed by atoms with Crippen molar-refractivity contribution in [1.29, 1.82) is 0 Å². The molecule has 0 spiro atoms. The highest BCUT2D eigenvalue weighted by Crippen LogP contribution is 2.24. The number of hydrogen-bond donors (Lipinski definition) is 2. The number of amides is 3. The second kappa shape index (κ2) is 7.63. The Kier molecular flexibility index (Phi) is 6.15. The van der Waals surface area contributed by atoms with E-state index in [1.54, 1.807) is 12.1 Å². The third-order valence-corrected chi connectivity index (χ3v) is 2.55. The first-order valence-electron chi connectivity index (χ1n) is 5.99. The Balaban J connectivity index is 2.41. The fourth-order valence-electron chi connectivity index (χ4n) is 1.31. The number of urea groups is 1. The minimum atomic E-state index is -0.522. The summed E-state index contributed by atoms with van der Waals surface area (Å²) in [4.78, 5) is 22.7. The van der Waals surface area contributed by atoms with Gasteiger partial charge in [0.05, 0.1) is 5.02 Å². The number of imide groups is 1. The van der Waals surface area contributed by atoms with Gasteiger partial charge in [0.25, 0.3) is 5.91 Å². The molecule has 0 saturated heterocycles. The minimum Gasteiger partial charge on any atom is -0.482 e. The van der Waals surface area contributed by atoms with E-state index in [0.29, 0.717) is 17.3 Å². The summed E-state index contributed by atoms with van der Waals surface area (Å²) in [6.07, 6.45) is 0.803. The van der Waals surface area contributed by atoms with Gasteiger partial charge in [-0.15, -0.1) is 0 Å². The number of hydrogen-bond acceptors (Lipinski definition) is 3. The molecular weight excluding hydrogens is 268 g/mol. The van der Waals surface area contributed by atoms with E-state index in [1.165, 1.54) is 0 Å². The number of halogens is 1. The summed E-state index contributed by atoms with van der Waals surface area (Å²) in [5.74, 6) is -0.100. The van der Waals surface area contributed by atoms with Crippen molar-refractivity contribution >= 4 is 23.5 Å². The zero-order valence-corrected chi connectivity index (χ0v) is 11.7. The maximum absolute atomic E-state index is 11.4. The van der Waals surface area contributed by atoms with Crippen LogP contribution in [0.4, 0.5) is 4.79 Å². The van der Waals surface area contributed by atoms with Crippen molar-refractivity contribution in [1.82, 2.24) is 10.6 Å². The highest BCUT2D eigenvalue weighted by molar-refractivity contribution is 6.32. The lowest BCUT2D eigenvalue weighted by molar-refractivity contribution is -0.122. The number of rotatable bonds is 5. The maximum Gasteiger partial charge on any atom is 0.321 e. The molecule has 1 rings (SSSR count). The first-order valence-corrected chi connectivity index (χ1v) is 6.37. The first-order chi connectivity index (χ1) is 9.02. The summed E-state index contributed by atoms with van der Waals surface area (Å²) in [5.41, 5.74) is 0.973. The average Bonchev–Trinajstić information content (AvgIpc) is 2.37. The van der Waals surface area contributed by atoms with Gasteiger partial charge < -0.3 is 10.1 Å². The standard InChI is InChI=1S/C13H17ClN2O3/c1-3-6-15-13(18)16-12(17)8-19-11-7-9(2)4-5-10(11)14/h4-5,7H,3,6,8H2,1-2H3,(H2,15,16,17,18). The number of carbonyl (C=O) groups excluding carboxylic acids is 2. The first kappa shape index (κ1) is 15.3. The van der Waals surface area contributed by atoms with E-state index in [0.717, 1.165) is 12.0 Å². The van der Waals surface area contributed by atoms with E-state index >= 15 is 0 Å². The van der Waals surface area contributed by atoms with Gasteiger partial charge >= 0.3 is 6.03 Å². The van der Waals surface area contributed by atoms with Gasteiger partial charge in [0.2, 0.25) is 0 Å². The monoisotopic (exact) mass is 284 g/mol. The van der Waals surface area contributed by atoms with Crippen LogP contribution in [0.5, 0.6) is 5.75 Å². The number of ether oxygens (including phenoxy) is 1. The number of benzene rings is 1. The third kappa shape index (κ3) is 5.61. The molecule has 5 nitrogen and oxygen atoms in total.